The lowest BCUT2D eigenvalue weighted by molar-refractivity contribution is -0.143. The first-order valence-electron chi connectivity index (χ1n) is 12.6. The molecule has 0 rings (SSSR count). The van der Waals surface area contributed by atoms with Crippen LogP contribution >= 0.6 is 0 Å². The van der Waals surface area contributed by atoms with Crippen molar-refractivity contribution in [3.8, 4) is 0 Å². The Labute approximate surface area is 180 Å². The second kappa shape index (κ2) is 23.2. The fourth-order valence-electron chi connectivity index (χ4n) is 3.65. The minimum atomic E-state index is -0.178. The molecule has 0 saturated heterocycles. The van der Waals surface area contributed by atoms with Crippen LogP contribution < -0.4 is 5.73 Å². The van der Waals surface area contributed by atoms with Crippen LogP contribution in [-0.2, 0) is 14.3 Å². The average molecular weight is 412 g/mol. The van der Waals surface area contributed by atoms with Gasteiger partial charge in [0, 0.05) is 12.8 Å². The number of ether oxygens (including phenoxy) is 1. The Bertz CT molecular complexity index is 371. The van der Waals surface area contributed by atoms with Crippen molar-refractivity contribution in [3.63, 3.8) is 0 Å². The third kappa shape index (κ3) is 24.9. The van der Waals surface area contributed by atoms with E-state index in [-0.39, 0.29) is 11.9 Å². The Morgan fingerprint density at radius 2 is 0.931 bits per heavy atom. The third-order valence-corrected chi connectivity index (χ3v) is 5.57. The molecule has 0 aromatic heterocycles. The maximum Gasteiger partial charge on any atom is 0.305 e. The zero-order chi connectivity index (χ0) is 21.4. The number of amides is 1. The van der Waals surface area contributed by atoms with Gasteiger partial charge in [-0.1, -0.05) is 110 Å². The van der Waals surface area contributed by atoms with Crippen molar-refractivity contribution >= 4 is 11.9 Å². The molecule has 4 nitrogen and oxygen atoms in total. The average Bonchev–Trinajstić information content (AvgIpc) is 2.70. The third-order valence-electron chi connectivity index (χ3n) is 5.57. The van der Waals surface area contributed by atoms with Gasteiger partial charge in [0.2, 0.25) is 5.91 Å². The highest BCUT2D eigenvalue weighted by molar-refractivity contribution is 5.73. The Balaban J connectivity index is 3.15. The predicted octanol–water partition coefficient (Wildman–Crippen LogP) is 7.23. The number of carbonyl (C=O) groups is 2. The van der Waals surface area contributed by atoms with Gasteiger partial charge >= 0.3 is 5.97 Å². The number of nitrogens with two attached hydrogens (primary N) is 1. The van der Waals surface area contributed by atoms with E-state index in [1.165, 1.54) is 83.5 Å². The summed E-state index contributed by atoms with van der Waals surface area (Å²) in [5.74, 6) is -0.185. The number of primary amides is 1. The highest BCUT2D eigenvalue weighted by Gasteiger charge is 2.02. The molecule has 29 heavy (non-hydrogen) atoms. The van der Waals surface area contributed by atoms with E-state index in [0.717, 1.165) is 38.5 Å². The molecule has 0 atom stereocenters. The molecule has 0 aliphatic rings. The van der Waals surface area contributed by atoms with E-state index in [4.69, 9.17) is 10.5 Å². The number of unbranched alkanes of at least 4 members (excludes halogenated alkanes) is 17. The lowest BCUT2D eigenvalue weighted by Gasteiger charge is -2.05. The number of hydrogen-bond acceptors (Lipinski definition) is 3. The second-order valence-corrected chi connectivity index (χ2v) is 8.55. The van der Waals surface area contributed by atoms with Crippen molar-refractivity contribution in [2.75, 3.05) is 6.61 Å². The smallest absolute Gasteiger partial charge is 0.305 e. The lowest BCUT2D eigenvalue weighted by Crippen LogP contribution is -2.09. The topological polar surface area (TPSA) is 69.4 Å². The molecule has 0 spiro atoms. The fraction of sp³-hybridized carbons (Fsp3) is 0.920. The number of hydrogen-bond donors (Lipinski definition) is 1. The summed E-state index contributed by atoms with van der Waals surface area (Å²) >= 11 is 0. The van der Waals surface area contributed by atoms with E-state index in [0.29, 0.717) is 19.4 Å². The summed E-state index contributed by atoms with van der Waals surface area (Å²) in [4.78, 5) is 22.3. The van der Waals surface area contributed by atoms with Gasteiger partial charge in [-0.2, -0.15) is 0 Å². The van der Waals surface area contributed by atoms with Crippen LogP contribution in [0, 0.1) is 0 Å². The first-order chi connectivity index (χ1) is 14.2. The zero-order valence-corrected chi connectivity index (χ0v) is 19.4. The maximum atomic E-state index is 11.7. The van der Waals surface area contributed by atoms with E-state index in [2.05, 4.69) is 6.92 Å². The minimum Gasteiger partial charge on any atom is -0.466 e. The molecule has 0 heterocycles. The predicted molar refractivity (Wildman–Crippen MR) is 123 cm³/mol. The SMILES string of the molecule is CCCCCCCCCCC(=O)OCCCCCCCCCCCCCC(N)=O. The molecule has 2 N–H and O–H groups in total. The van der Waals surface area contributed by atoms with Gasteiger partial charge in [-0.05, 0) is 19.3 Å². The van der Waals surface area contributed by atoms with Crippen molar-refractivity contribution in [1.29, 1.82) is 0 Å². The van der Waals surface area contributed by atoms with E-state index in [1.807, 2.05) is 0 Å². The van der Waals surface area contributed by atoms with Gasteiger partial charge in [0.25, 0.3) is 0 Å². The highest BCUT2D eigenvalue weighted by atomic mass is 16.5. The molecule has 0 aliphatic heterocycles. The highest BCUT2D eigenvalue weighted by Crippen LogP contribution is 2.12. The van der Waals surface area contributed by atoms with E-state index >= 15 is 0 Å². The Kier molecular flexibility index (Phi) is 22.4. The Morgan fingerprint density at radius 1 is 0.552 bits per heavy atom. The van der Waals surface area contributed by atoms with Crippen LogP contribution in [0.2, 0.25) is 0 Å². The first-order valence-corrected chi connectivity index (χ1v) is 12.6. The largest absolute Gasteiger partial charge is 0.466 e. The quantitative estimate of drug-likeness (QED) is 0.142. The lowest BCUT2D eigenvalue weighted by atomic mass is 10.1. The molecule has 0 saturated carbocycles. The molecule has 1 amide bonds. The van der Waals surface area contributed by atoms with Crippen LogP contribution in [-0.4, -0.2) is 18.5 Å². The molecule has 0 aromatic rings. The number of carbonyl (C=O) groups excluding carboxylic acids is 2. The first kappa shape index (κ1) is 27.9. The van der Waals surface area contributed by atoms with E-state index < -0.39 is 0 Å². The van der Waals surface area contributed by atoms with Gasteiger partial charge in [-0.15, -0.1) is 0 Å². The molecule has 0 bridgehead atoms. The Hall–Kier alpha value is -1.06. The monoisotopic (exact) mass is 411 g/mol. The van der Waals surface area contributed by atoms with Crippen molar-refractivity contribution in [1.82, 2.24) is 0 Å². The van der Waals surface area contributed by atoms with Crippen molar-refractivity contribution < 1.29 is 14.3 Å². The molecule has 0 aliphatic carbocycles. The van der Waals surface area contributed by atoms with Gasteiger partial charge in [0.05, 0.1) is 6.61 Å². The van der Waals surface area contributed by atoms with Crippen LogP contribution in [0.4, 0.5) is 0 Å². The zero-order valence-electron chi connectivity index (χ0n) is 19.4. The molecule has 0 radical (unpaired) electrons. The molecule has 4 heteroatoms. The minimum absolute atomic E-state index is 0.00758. The summed E-state index contributed by atoms with van der Waals surface area (Å²) in [7, 11) is 0. The summed E-state index contributed by atoms with van der Waals surface area (Å²) in [5.41, 5.74) is 5.13. The van der Waals surface area contributed by atoms with Gasteiger partial charge in [0.15, 0.2) is 0 Å². The number of esters is 1. The molecule has 0 aromatic carbocycles. The summed E-state index contributed by atoms with van der Waals surface area (Å²) < 4.78 is 5.34. The molecule has 0 unspecified atom stereocenters. The van der Waals surface area contributed by atoms with Crippen LogP contribution in [0.1, 0.15) is 142 Å². The van der Waals surface area contributed by atoms with Crippen molar-refractivity contribution in [2.24, 2.45) is 5.73 Å². The second-order valence-electron chi connectivity index (χ2n) is 8.55. The van der Waals surface area contributed by atoms with Gasteiger partial charge in [0.1, 0.15) is 0 Å². The van der Waals surface area contributed by atoms with Crippen LogP contribution in [0.5, 0.6) is 0 Å². The molecule has 172 valence electrons. The summed E-state index contributed by atoms with van der Waals surface area (Å²) in [6, 6.07) is 0. The number of rotatable bonds is 23. The standard InChI is InChI=1S/C25H49NO3/c1-2-3-4-5-6-13-16-19-22-25(28)29-23-20-17-14-11-9-7-8-10-12-15-18-21-24(26)27/h2-23H2,1H3,(H2,26,27). The summed E-state index contributed by atoms with van der Waals surface area (Å²) in [5, 5.41) is 0. The van der Waals surface area contributed by atoms with E-state index in [1.54, 1.807) is 0 Å². The van der Waals surface area contributed by atoms with Gasteiger partial charge < -0.3 is 10.5 Å². The molecular weight excluding hydrogens is 362 g/mol. The maximum absolute atomic E-state index is 11.7. The Morgan fingerprint density at radius 3 is 1.38 bits per heavy atom. The fourth-order valence-corrected chi connectivity index (χ4v) is 3.65. The summed E-state index contributed by atoms with van der Waals surface area (Å²) in [6.45, 7) is 2.84. The normalized spacial score (nSPS) is 10.9. The molecular formula is C25H49NO3. The van der Waals surface area contributed by atoms with Crippen LogP contribution in [0.3, 0.4) is 0 Å². The van der Waals surface area contributed by atoms with Crippen LogP contribution in [0.15, 0.2) is 0 Å². The van der Waals surface area contributed by atoms with E-state index in [9.17, 15) is 9.59 Å². The van der Waals surface area contributed by atoms with Gasteiger partial charge in [-0.25, -0.2) is 0 Å². The van der Waals surface area contributed by atoms with Gasteiger partial charge in [-0.3, -0.25) is 9.59 Å². The molecule has 0 fully saturated rings. The van der Waals surface area contributed by atoms with Crippen molar-refractivity contribution in [2.45, 2.75) is 142 Å². The van der Waals surface area contributed by atoms with Crippen LogP contribution in [0.25, 0.3) is 0 Å². The van der Waals surface area contributed by atoms with Crippen molar-refractivity contribution in [3.05, 3.63) is 0 Å². The summed E-state index contributed by atoms with van der Waals surface area (Å²) in [6.07, 6.45) is 24.4.